The summed E-state index contributed by atoms with van der Waals surface area (Å²) in [6.45, 7) is 14.1. The number of hydrogen-bond acceptors (Lipinski definition) is 11. The summed E-state index contributed by atoms with van der Waals surface area (Å²) in [5, 5.41) is 65.2. The molecule has 7 rings (SSSR count). The number of allylic oxidation sites excluding steroid dienone is 1. The number of aromatic nitrogens is 1. The van der Waals surface area contributed by atoms with Crippen LogP contribution in [0.25, 0.3) is 0 Å². The maximum atomic E-state index is 15.0. The van der Waals surface area contributed by atoms with Crippen molar-refractivity contribution in [1.82, 2.24) is 10.3 Å². The van der Waals surface area contributed by atoms with E-state index in [2.05, 4.69) is 54.8 Å². The van der Waals surface area contributed by atoms with E-state index >= 15 is 0 Å². The van der Waals surface area contributed by atoms with Crippen molar-refractivity contribution >= 4 is 23.5 Å². The molecule has 360 valence electrons. The van der Waals surface area contributed by atoms with Crippen LogP contribution in [0.3, 0.4) is 0 Å². The number of hydrogen-bond donors (Lipinski definition) is 9. The number of aliphatic hydroxyl groups excluding tert-OH is 3. The number of carbonyl (C=O) groups is 3. The molecule has 6 aliphatic rings. The molecule has 3 saturated carbocycles. The summed E-state index contributed by atoms with van der Waals surface area (Å²) < 4.78 is 5.81. The topological polar surface area (TPSA) is 254 Å². The lowest BCUT2D eigenvalue weighted by Crippen LogP contribution is -2.65. The third-order valence-corrected chi connectivity index (χ3v) is 17.9. The minimum Gasteiger partial charge on any atom is -0.465 e. The molecule has 14 nitrogen and oxygen atoms in total. The number of rotatable bonds is 11. The lowest BCUT2D eigenvalue weighted by atomic mass is 9.44. The van der Waals surface area contributed by atoms with Gasteiger partial charge in [-0.3, -0.25) is 19.4 Å². The fourth-order valence-corrected chi connectivity index (χ4v) is 14.4. The zero-order valence-electron chi connectivity index (χ0n) is 39.7. The SMILES string of the molecule is CC(=O)CNC1=C2C(CCC3(CCN=C(N)N)C4C(CC#CC(C5COC(=O)C5c5cc[nH]c5)CC(CCC(C)C)C(C)C(C)CC(O)C4(C)O)CC23O)C2(C)CC(O)C(O)CC2C1=O. The summed E-state index contributed by atoms with van der Waals surface area (Å²) in [7, 11) is 0. The Kier molecular flexibility index (Phi) is 14.2. The number of nitrogens with zero attached hydrogens (tertiary/aromatic N) is 1. The van der Waals surface area contributed by atoms with Gasteiger partial charge in [0.15, 0.2) is 11.7 Å². The fraction of sp³-hybridized carbons (Fsp3) is 0.765. The molecule has 0 amide bonds. The molecule has 17 unspecified atom stereocenters. The molecule has 1 aliphatic heterocycles. The Hall–Kier alpha value is -3.74. The summed E-state index contributed by atoms with van der Waals surface area (Å²) in [4.78, 5) is 48.6. The number of aliphatic hydroxyl groups is 5. The van der Waals surface area contributed by atoms with Crippen molar-refractivity contribution in [2.24, 2.45) is 86.5 Å². The molecule has 4 fully saturated rings. The molecule has 14 heteroatoms. The zero-order chi connectivity index (χ0) is 47.4. The Balaban J connectivity index is 1.41. The van der Waals surface area contributed by atoms with Crippen LogP contribution in [-0.4, -0.2) is 103 Å². The Morgan fingerprint density at radius 2 is 1.80 bits per heavy atom. The first-order valence-electron chi connectivity index (χ1n) is 24.4. The first-order chi connectivity index (χ1) is 30.6. The van der Waals surface area contributed by atoms with Gasteiger partial charge in [0.1, 0.15) is 5.78 Å². The van der Waals surface area contributed by atoms with Crippen LogP contribution in [0.2, 0.25) is 0 Å². The summed E-state index contributed by atoms with van der Waals surface area (Å²) >= 11 is 0. The van der Waals surface area contributed by atoms with Gasteiger partial charge < -0.3 is 52.0 Å². The molecular formula is C51H77N5O9. The number of esters is 1. The lowest BCUT2D eigenvalue weighted by molar-refractivity contribution is -0.189. The highest BCUT2D eigenvalue weighted by atomic mass is 16.5. The molecule has 0 spiro atoms. The molecule has 1 aromatic heterocycles. The van der Waals surface area contributed by atoms with Crippen molar-refractivity contribution in [2.75, 3.05) is 19.7 Å². The van der Waals surface area contributed by atoms with Crippen molar-refractivity contribution in [1.29, 1.82) is 0 Å². The quantitative estimate of drug-likeness (QED) is 0.0659. The zero-order valence-corrected chi connectivity index (χ0v) is 39.7. The fourth-order valence-electron chi connectivity index (χ4n) is 14.4. The van der Waals surface area contributed by atoms with Crippen LogP contribution in [0.4, 0.5) is 0 Å². The molecule has 0 bridgehead atoms. The van der Waals surface area contributed by atoms with Crippen LogP contribution in [-0.2, 0) is 19.1 Å². The smallest absolute Gasteiger partial charge is 0.313 e. The van der Waals surface area contributed by atoms with Gasteiger partial charge >= 0.3 is 5.97 Å². The lowest BCUT2D eigenvalue weighted by Gasteiger charge is -2.62. The minimum atomic E-state index is -1.79. The maximum absolute atomic E-state index is 15.0. The maximum Gasteiger partial charge on any atom is 0.313 e. The number of ketones is 2. The van der Waals surface area contributed by atoms with E-state index in [9.17, 15) is 39.9 Å². The van der Waals surface area contributed by atoms with E-state index in [0.29, 0.717) is 24.3 Å². The van der Waals surface area contributed by atoms with Crippen molar-refractivity contribution in [2.45, 2.75) is 155 Å². The van der Waals surface area contributed by atoms with Crippen molar-refractivity contribution in [3.63, 3.8) is 0 Å². The van der Waals surface area contributed by atoms with Gasteiger partial charge in [-0.15, -0.1) is 5.92 Å². The average Bonchev–Trinajstić information content (AvgIpc) is 3.95. The van der Waals surface area contributed by atoms with Gasteiger partial charge in [-0.25, -0.2) is 0 Å². The monoisotopic (exact) mass is 904 g/mol. The molecule has 5 aliphatic carbocycles. The average molecular weight is 904 g/mol. The summed E-state index contributed by atoms with van der Waals surface area (Å²) in [6, 6.07) is 1.92. The Morgan fingerprint density at radius 1 is 1.06 bits per heavy atom. The van der Waals surface area contributed by atoms with Gasteiger partial charge in [-0.2, -0.15) is 0 Å². The van der Waals surface area contributed by atoms with Crippen LogP contribution in [0.15, 0.2) is 34.7 Å². The number of Topliss-reactive ketones (excluding diaryl/α,β-unsaturated/α-hetero) is 2. The van der Waals surface area contributed by atoms with Crippen molar-refractivity contribution < 1.29 is 44.7 Å². The summed E-state index contributed by atoms with van der Waals surface area (Å²) in [5.74, 6) is 3.78. The van der Waals surface area contributed by atoms with Crippen LogP contribution in [0, 0.1) is 81.8 Å². The summed E-state index contributed by atoms with van der Waals surface area (Å²) in [5.41, 5.74) is 7.70. The van der Waals surface area contributed by atoms with Gasteiger partial charge in [-0.05, 0) is 130 Å². The number of aromatic amines is 1. The van der Waals surface area contributed by atoms with E-state index in [-0.39, 0.29) is 117 Å². The van der Waals surface area contributed by atoms with E-state index in [4.69, 9.17) is 16.2 Å². The molecule has 1 aromatic rings. The Morgan fingerprint density at radius 3 is 2.46 bits per heavy atom. The number of aliphatic imine (C=N–C) groups is 1. The molecule has 11 N–H and O–H groups in total. The number of cyclic esters (lactones) is 1. The first kappa shape index (κ1) is 49.2. The number of H-pyrrole nitrogens is 1. The number of fused-ring (bicyclic) bond motifs is 7. The predicted octanol–water partition coefficient (Wildman–Crippen LogP) is 4.09. The van der Waals surface area contributed by atoms with Crippen molar-refractivity contribution in [3.8, 4) is 11.8 Å². The predicted molar refractivity (Wildman–Crippen MR) is 246 cm³/mol. The van der Waals surface area contributed by atoms with Gasteiger partial charge in [0.25, 0.3) is 0 Å². The highest BCUT2D eigenvalue weighted by Crippen LogP contribution is 2.72. The number of guanidine groups is 1. The Labute approximate surface area is 385 Å². The number of ether oxygens (including phenoxy) is 1. The molecule has 0 aromatic carbocycles. The molecular weight excluding hydrogens is 827 g/mol. The number of carbonyl (C=O) groups excluding carboxylic acids is 3. The molecule has 2 heterocycles. The third kappa shape index (κ3) is 8.82. The van der Waals surface area contributed by atoms with Gasteiger partial charge in [0.05, 0.1) is 54.3 Å². The van der Waals surface area contributed by atoms with E-state index in [1.807, 2.05) is 25.4 Å². The van der Waals surface area contributed by atoms with E-state index < -0.39 is 69.9 Å². The second kappa shape index (κ2) is 18.7. The van der Waals surface area contributed by atoms with Crippen LogP contribution in [0.5, 0.6) is 0 Å². The molecule has 0 radical (unpaired) electrons. The Bertz CT molecular complexity index is 2050. The van der Waals surface area contributed by atoms with E-state index in [0.717, 1.165) is 24.8 Å². The second-order valence-electron chi connectivity index (χ2n) is 22.3. The third-order valence-electron chi connectivity index (χ3n) is 17.9. The molecule has 17 atom stereocenters. The van der Waals surface area contributed by atoms with Crippen LogP contribution < -0.4 is 16.8 Å². The van der Waals surface area contributed by atoms with Crippen LogP contribution in [0.1, 0.15) is 131 Å². The summed E-state index contributed by atoms with van der Waals surface area (Å²) in [6.07, 6.45) is 4.77. The number of nitrogens with two attached hydrogens (primary N) is 2. The van der Waals surface area contributed by atoms with Gasteiger partial charge in [0.2, 0.25) is 0 Å². The van der Waals surface area contributed by atoms with E-state index in [1.54, 1.807) is 6.92 Å². The molecule has 65 heavy (non-hydrogen) atoms. The highest BCUT2D eigenvalue weighted by molar-refractivity contribution is 6.00. The highest BCUT2D eigenvalue weighted by Gasteiger charge is 2.74. The van der Waals surface area contributed by atoms with Crippen LogP contribution >= 0.6 is 0 Å². The van der Waals surface area contributed by atoms with E-state index in [1.165, 1.54) is 6.92 Å². The van der Waals surface area contributed by atoms with Gasteiger partial charge in [-0.1, -0.05) is 47.0 Å². The number of nitrogens with one attached hydrogen (secondary N) is 2. The minimum absolute atomic E-state index is 0.0389. The molecule has 1 saturated heterocycles. The van der Waals surface area contributed by atoms with Crippen molar-refractivity contribution in [3.05, 3.63) is 35.3 Å². The largest absolute Gasteiger partial charge is 0.465 e. The van der Waals surface area contributed by atoms with Gasteiger partial charge in [0, 0.05) is 54.4 Å². The standard InChI is InChI=1S/C51H77N5O9/c1-27(2)11-12-31-20-32(35-26-65-46(62)41(35)34-14-17-54-25-34)9-8-10-33-22-51(64)42-36(48(6)23-39(59)38(58)21-37(48)44(61)43(42)56-24-29(4)57)13-15-50(51,16-18-55-47(52)53)45(33)49(7,63)40(60)19-28(3)30(31)5/h14,17,25,27-28,30-33,35-41,45,54,56,58-60,63-64H,10-13,15-16,18-24,26H2,1-7H3,(H4,52,53,55). The second-order valence-corrected chi connectivity index (χ2v) is 22.3. The first-order valence-corrected chi connectivity index (χ1v) is 24.4. The normalized spacial score (nSPS) is 43.1.